The highest BCUT2D eigenvalue weighted by Gasteiger charge is 2.58. The largest absolute Gasteiger partial charge is 0.0622 e. The number of fused-ring (bicyclic) bond motifs is 12. The van der Waals surface area contributed by atoms with Crippen molar-refractivity contribution in [3.63, 3.8) is 0 Å². The zero-order valence-electron chi connectivity index (χ0n) is 37.0. The van der Waals surface area contributed by atoms with E-state index in [1.54, 1.807) is 0 Å². The number of rotatable bonds is 3. The van der Waals surface area contributed by atoms with Crippen LogP contribution in [0.2, 0.25) is 0 Å². The molecule has 0 atom stereocenters. The van der Waals surface area contributed by atoms with Crippen molar-refractivity contribution < 1.29 is 0 Å². The first kappa shape index (κ1) is 37.7. The van der Waals surface area contributed by atoms with Gasteiger partial charge in [-0.05, 0) is 161 Å². The molecule has 0 fully saturated rings. The summed E-state index contributed by atoms with van der Waals surface area (Å²) < 4.78 is 0. The molecule has 0 heterocycles. The second kappa shape index (κ2) is 13.5. The molecule has 11 aromatic carbocycles. The lowest BCUT2D eigenvalue weighted by molar-refractivity contribution is 0.0965. The smallest absolute Gasteiger partial charge is 0.0318 e. The summed E-state index contributed by atoms with van der Waals surface area (Å²) in [6.07, 6.45) is 0. The Balaban J connectivity index is 1.13. The zero-order valence-corrected chi connectivity index (χ0v) is 37.0. The summed E-state index contributed by atoms with van der Waals surface area (Å²) in [4.78, 5) is 0. The van der Waals surface area contributed by atoms with Crippen molar-refractivity contribution >= 4 is 64.6 Å². The van der Waals surface area contributed by atoms with Gasteiger partial charge in [0, 0.05) is 5.41 Å². The first-order chi connectivity index (χ1) is 30.5. The van der Waals surface area contributed by atoms with Gasteiger partial charge in [-0.25, -0.2) is 0 Å². The average Bonchev–Trinajstić information content (AvgIpc) is 3.62. The third kappa shape index (κ3) is 5.34. The molecular weight excluding hydrogens is 757 g/mol. The molecule has 0 heteroatoms. The molecule has 63 heavy (non-hydrogen) atoms. The molecule has 0 saturated carbocycles. The Labute approximate surface area is 370 Å². The minimum absolute atomic E-state index is 0.100. The minimum Gasteiger partial charge on any atom is -0.0622 e. The Morgan fingerprint density at radius 3 is 1.29 bits per heavy atom. The van der Waals surface area contributed by atoms with Crippen molar-refractivity contribution in [2.24, 2.45) is 10.8 Å². The lowest BCUT2D eigenvalue weighted by atomic mass is 9.49. The zero-order chi connectivity index (χ0) is 42.8. The second-order valence-electron chi connectivity index (χ2n) is 20.0. The molecule has 0 unspecified atom stereocenters. The van der Waals surface area contributed by atoms with Crippen LogP contribution in [0.15, 0.2) is 194 Å². The van der Waals surface area contributed by atoms with Crippen LogP contribution in [0.25, 0.3) is 109 Å². The van der Waals surface area contributed by atoms with E-state index in [1.807, 2.05) is 0 Å². The predicted molar refractivity (Wildman–Crippen MR) is 273 cm³/mol. The van der Waals surface area contributed by atoms with Crippen LogP contribution >= 0.6 is 0 Å². The molecule has 0 aliphatic heterocycles. The Hall–Kier alpha value is -7.02. The summed E-state index contributed by atoms with van der Waals surface area (Å²) >= 11 is 0. The standard InChI is InChI=1S/C63H50/c1-61(2,3)63(62(4,5)6)56-38-41-21-11-10-20-40(41)36-55(56)59-48-23-13-12-22-47(48)54-37-46(32-33-53(54)60(59)63)58-51-26-16-14-24-49(51)57(50-25-15-17-27-52(50)58)45-31-30-43-34-42(28-29-44(43)35-45)39-18-8-7-9-19-39/h7-38H,1-6H3. The van der Waals surface area contributed by atoms with E-state index >= 15 is 0 Å². The van der Waals surface area contributed by atoms with Crippen molar-refractivity contribution in [1.82, 2.24) is 0 Å². The molecule has 0 nitrogen and oxygen atoms in total. The molecule has 0 bridgehead atoms. The van der Waals surface area contributed by atoms with Crippen LogP contribution in [0.4, 0.5) is 0 Å². The van der Waals surface area contributed by atoms with Gasteiger partial charge in [0.05, 0.1) is 0 Å². The third-order valence-corrected chi connectivity index (χ3v) is 14.7. The molecule has 0 aromatic heterocycles. The lowest BCUT2D eigenvalue weighted by Gasteiger charge is -2.53. The predicted octanol–water partition coefficient (Wildman–Crippen LogP) is 18.0. The maximum Gasteiger partial charge on any atom is 0.0318 e. The van der Waals surface area contributed by atoms with Gasteiger partial charge in [-0.15, -0.1) is 0 Å². The van der Waals surface area contributed by atoms with E-state index < -0.39 is 0 Å². The van der Waals surface area contributed by atoms with Crippen LogP contribution in [0, 0.1) is 10.8 Å². The summed E-state index contributed by atoms with van der Waals surface area (Å²) in [7, 11) is 0. The van der Waals surface area contributed by atoms with E-state index in [-0.39, 0.29) is 16.2 Å². The first-order valence-electron chi connectivity index (χ1n) is 22.6. The van der Waals surface area contributed by atoms with Crippen LogP contribution in [0.5, 0.6) is 0 Å². The monoisotopic (exact) mass is 806 g/mol. The highest BCUT2D eigenvalue weighted by Crippen LogP contribution is 2.67. The molecule has 0 N–H and O–H groups in total. The van der Waals surface area contributed by atoms with E-state index in [0.717, 1.165) is 0 Å². The fraction of sp³-hybridized carbons (Fsp3) is 0.143. The van der Waals surface area contributed by atoms with Crippen molar-refractivity contribution in [3.8, 4) is 44.5 Å². The van der Waals surface area contributed by atoms with Crippen LogP contribution in [-0.4, -0.2) is 0 Å². The second-order valence-corrected chi connectivity index (χ2v) is 20.0. The Morgan fingerprint density at radius 2 is 0.714 bits per heavy atom. The van der Waals surface area contributed by atoms with Crippen LogP contribution in [0.1, 0.15) is 52.7 Å². The molecule has 1 aliphatic rings. The molecule has 1 aliphatic carbocycles. The van der Waals surface area contributed by atoms with E-state index in [2.05, 4.69) is 236 Å². The molecular formula is C63H50. The quantitative estimate of drug-likeness (QED) is 0.123. The van der Waals surface area contributed by atoms with Crippen molar-refractivity contribution in [3.05, 3.63) is 205 Å². The van der Waals surface area contributed by atoms with E-state index in [1.165, 1.54) is 120 Å². The SMILES string of the molecule is CC(C)(C)C1(C(C)(C)C)c2cc3ccccc3cc2-c2c1c1ccc(-c3c4ccccc4c(-c4ccc5cc(-c6ccccc6)ccc5c4)c4ccccc34)cc1c1ccccc21. The average molecular weight is 807 g/mol. The van der Waals surface area contributed by atoms with Crippen LogP contribution in [0.3, 0.4) is 0 Å². The van der Waals surface area contributed by atoms with Gasteiger partial charge in [-0.1, -0.05) is 205 Å². The number of benzene rings is 11. The first-order valence-corrected chi connectivity index (χ1v) is 22.6. The van der Waals surface area contributed by atoms with Gasteiger partial charge in [0.1, 0.15) is 0 Å². The highest BCUT2D eigenvalue weighted by molar-refractivity contribution is 6.24. The van der Waals surface area contributed by atoms with E-state index in [9.17, 15) is 0 Å². The molecule has 11 aromatic rings. The topological polar surface area (TPSA) is 0 Å². The lowest BCUT2D eigenvalue weighted by Crippen LogP contribution is -2.50. The molecule has 302 valence electrons. The van der Waals surface area contributed by atoms with Crippen molar-refractivity contribution in [1.29, 1.82) is 0 Å². The van der Waals surface area contributed by atoms with Gasteiger partial charge in [0.25, 0.3) is 0 Å². The molecule has 12 rings (SSSR count). The Morgan fingerprint density at radius 1 is 0.286 bits per heavy atom. The van der Waals surface area contributed by atoms with Gasteiger partial charge < -0.3 is 0 Å². The minimum atomic E-state index is -0.275. The Kier molecular flexibility index (Phi) is 8.08. The van der Waals surface area contributed by atoms with Crippen LogP contribution in [-0.2, 0) is 5.41 Å². The normalized spacial score (nSPS) is 13.7. The summed E-state index contributed by atoms with van der Waals surface area (Å²) in [5.41, 5.74) is 12.8. The molecule has 0 radical (unpaired) electrons. The van der Waals surface area contributed by atoms with Gasteiger partial charge in [0.15, 0.2) is 0 Å². The Bertz CT molecular complexity index is 3610. The maximum atomic E-state index is 2.54. The summed E-state index contributed by atoms with van der Waals surface area (Å²) in [5, 5.41) is 15.5. The molecule has 0 amide bonds. The van der Waals surface area contributed by atoms with Gasteiger partial charge in [-0.3, -0.25) is 0 Å². The maximum absolute atomic E-state index is 2.54. The highest BCUT2D eigenvalue weighted by atomic mass is 14.6. The van der Waals surface area contributed by atoms with Gasteiger partial charge >= 0.3 is 0 Å². The summed E-state index contributed by atoms with van der Waals surface area (Å²) in [5.74, 6) is 0. The van der Waals surface area contributed by atoms with Crippen LogP contribution < -0.4 is 0 Å². The number of hydrogen-bond acceptors (Lipinski definition) is 0. The van der Waals surface area contributed by atoms with Gasteiger partial charge in [-0.2, -0.15) is 0 Å². The summed E-state index contributed by atoms with van der Waals surface area (Å²) in [6, 6.07) is 73.3. The fourth-order valence-electron chi connectivity index (χ4n) is 12.6. The summed E-state index contributed by atoms with van der Waals surface area (Å²) in [6.45, 7) is 14.8. The number of hydrogen-bond donors (Lipinski definition) is 0. The fourth-order valence-corrected chi connectivity index (χ4v) is 12.6. The van der Waals surface area contributed by atoms with E-state index in [0.29, 0.717) is 0 Å². The molecule has 0 spiro atoms. The van der Waals surface area contributed by atoms with E-state index in [4.69, 9.17) is 0 Å². The van der Waals surface area contributed by atoms with Gasteiger partial charge in [0.2, 0.25) is 0 Å². The molecule has 0 saturated heterocycles. The van der Waals surface area contributed by atoms with Crippen molar-refractivity contribution in [2.75, 3.05) is 0 Å². The third-order valence-electron chi connectivity index (χ3n) is 14.7. The van der Waals surface area contributed by atoms with Crippen molar-refractivity contribution in [2.45, 2.75) is 47.0 Å².